The molecule has 0 unspecified atom stereocenters. The molecule has 0 atom stereocenters. The van der Waals surface area contributed by atoms with Crippen molar-refractivity contribution >= 4 is 33.3 Å². The summed E-state index contributed by atoms with van der Waals surface area (Å²) in [5, 5.41) is 19.7. The fourth-order valence-corrected chi connectivity index (χ4v) is 3.70. The molecule has 7 nitrogen and oxygen atoms in total. The number of pyridine rings is 1. The molecular formula is C22H16BrClN4O3. The topological polar surface area (TPSA) is 125 Å². The number of nitriles is 2. The first-order chi connectivity index (χ1) is 14.9. The van der Waals surface area contributed by atoms with Crippen LogP contribution in [0.3, 0.4) is 0 Å². The second kappa shape index (κ2) is 9.57. The summed E-state index contributed by atoms with van der Waals surface area (Å²) in [6.07, 6.45) is 0. The van der Waals surface area contributed by atoms with Crippen molar-refractivity contribution in [3.05, 3.63) is 72.9 Å². The molecule has 3 aromatic rings. The molecule has 0 radical (unpaired) electrons. The van der Waals surface area contributed by atoms with Gasteiger partial charge in [-0.3, -0.25) is 4.79 Å². The van der Waals surface area contributed by atoms with E-state index in [0.29, 0.717) is 33.2 Å². The zero-order valence-corrected chi connectivity index (χ0v) is 18.7. The fourth-order valence-electron chi connectivity index (χ4n) is 2.99. The lowest BCUT2D eigenvalue weighted by Crippen LogP contribution is -2.16. The van der Waals surface area contributed by atoms with E-state index in [0.717, 1.165) is 5.56 Å². The van der Waals surface area contributed by atoms with E-state index >= 15 is 0 Å². The van der Waals surface area contributed by atoms with Gasteiger partial charge in [0.25, 0.3) is 5.56 Å². The summed E-state index contributed by atoms with van der Waals surface area (Å²) in [6.45, 7) is 2.36. The molecule has 0 aliphatic rings. The van der Waals surface area contributed by atoms with Crippen LogP contribution in [0.1, 0.15) is 23.6 Å². The largest absolute Gasteiger partial charge is 0.490 e. The number of nitrogens with two attached hydrogens (primary N) is 1. The van der Waals surface area contributed by atoms with Crippen LogP contribution in [0.4, 0.5) is 5.82 Å². The lowest BCUT2D eigenvalue weighted by atomic mass is 9.96. The average molecular weight is 500 g/mol. The minimum atomic E-state index is -0.682. The molecule has 156 valence electrons. The first-order valence-corrected chi connectivity index (χ1v) is 10.3. The highest BCUT2D eigenvalue weighted by molar-refractivity contribution is 9.10. The van der Waals surface area contributed by atoms with Gasteiger partial charge in [-0.15, -0.1) is 0 Å². The van der Waals surface area contributed by atoms with Crippen LogP contribution in [0.15, 0.2) is 45.7 Å². The summed E-state index contributed by atoms with van der Waals surface area (Å²) < 4.78 is 12.1. The number of halogens is 2. The Bertz CT molecular complexity index is 1290. The van der Waals surface area contributed by atoms with Gasteiger partial charge in [-0.1, -0.05) is 45.7 Å². The number of rotatable bonds is 6. The van der Waals surface area contributed by atoms with E-state index in [1.165, 1.54) is 0 Å². The maximum absolute atomic E-state index is 12.3. The second-order valence-corrected chi connectivity index (χ2v) is 7.57. The quantitative estimate of drug-likeness (QED) is 0.504. The van der Waals surface area contributed by atoms with Crippen LogP contribution >= 0.6 is 27.5 Å². The molecule has 0 bridgehead atoms. The predicted molar refractivity (Wildman–Crippen MR) is 121 cm³/mol. The molecule has 1 aromatic heterocycles. The lowest BCUT2D eigenvalue weighted by molar-refractivity contribution is 0.269. The number of nitrogens with one attached hydrogen (secondary N) is 1. The molecule has 3 rings (SSSR count). The first kappa shape index (κ1) is 22.2. The Kier molecular flexibility index (Phi) is 6.86. The third kappa shape index (κ3) is 4.51. The van der Waals surface area contributed by atoms with Gasteiger partial charge in [-0.25, -0.2) is 0 Å². The Morgan fingerprint density at radius 1 is 1.13 bits per heavy atom. The highest BCUT2D eigenvalue weighted by Gasteiger charge is 2.22. The molecule has 0 amide bonds. The van der Waals surface area contributed by atoms with E-state index in [1.54, 1.807) is 18.2 Å². The normalized spacial score (nSPS) is 10.2. The Hall–Kier alpha value is -3.46. The highest BCUT2D eigenvalue weighted by Crippen LogP contribution is 2.41. The van der Waals surface area contributed by atoms with Crippen molar-refractivity contribution in [3.8, 4) is 34.8 Å². The second-order valence-electron chi connectivity index (χ2n) is 6.31. The van der Waals surface area contributed by atoms with Crippen LogP contribution in [-0.4, -0.2) is 11.6 Å². The molecular weight excluding hydrogens is 484 g/mol. The van der Waals surface area contributed by atoms with Crippen LogP contribution in [0.25, 0.3) is 11.1 Å². The van der Waals surface area contributed by atoms with Crippen molar-refractivity contribution in [1.29, 1.82) is 10.5 Å². The van der Waals surface area contributed by atoms with Crippen molar-refractivity contribution in [3.63, 3.8) is 0 Å². The summed E-state index contributed by atoms with van der Waals surface area (Å²) in [7, 11) is 0. The van der Waals surface area contributed by atoms with Gasteiger partial charge in [-0.2, -0.15) is 10.5 Å². The number of benzene rings is 2. The van der Waals surface area contributed by atoms with Gasteiger partial charge >= 0.3 is 0 Å². The third-order valence-electron chi connectivity index (χ3n) is 4.41. The number of nitrogens with zero attached hydrogens (tertiary/aromatic N) is 2. The van der Waals surface area contributed by atoms with Gasteiger partial charge in [0.15, 0.2) is 11.5 Å². The van der Waals surface area contributed by atoms with Crippen molar-refractivity contribution in [1.82, 2.24) is 4.98 Å². The monoisotopic (exact) mass is 498 g/mol. The van der Waals surface area contributed by atoms with Gasteiger partial charge in [0.1, 0.15) is 35.7 Å². The number of ether oxygens (including phenoxy) is 2. The van der Waals surface area contributed by atoms with Crippen LogP contribution in [0.2, 0.25) is 5.02 Å². The summed E-state index contributed by atoms with van der Waals surface area (Å²) in [5.41, 5.74) is 6.23. The zero-order chi connectivity index (χ0) is 22.5. The Labute approximate surface area is 191 Å². The molecule has 0 saturated carbocycles. The van der Waals surface area contributed by atoms with Gasteiger partial charge < -0.3 is 20.2 Å². The van der Waals surface area contributed by atoms with Crippen molar-refractivity contribution in [2.24, 2.45) is 0 Å². The van der Waals surface area contributed by atoms with Crippen LogP contribution in [0.5, 0.6) is 11.5 Å². The molecule has 9 heteroatoms. The van der Waals surface area contributed by atoms with E-state index in [4.69, 9.17) is 26.8 Å². The smallest absolute Gasteiger partial charge is 0.268 e. The molecule has 0 aliphatic heterocycles. The van der Waals surface area contributed by atoms with E-state index in [9.17, 15) is 15.3 Å². The minimum absolute atomic E-state index is 0.0102. The molecule has 0 fully saturated rings. The predicted octanol–water partition coefficient (Wildman–Crippen LogP) is 4.76. The Balaban J connectivity index is 2.14. The van der Waals surface area contributed by atoms with Crippen LogP contribution < -0.4 is 20.8 Å². The van der Waals surface area contributed by atoms with Gasteiger partial charge in [0.05, 0.1) is 6.61 Å². The van der Waals surface area contributed by atoms with E-state index < -0.39 is 5.56 Å². The molecule has 0 aliphatic carbocycles. The number of hydrogen-bond acceptors (Lipinski definition) is 6. The molecule has 0 saturated heterocycles. The molecule has 2 aromatic carbocycles. The summed E-state index contributed by atoms with van der Waals surface area (Å²) >= 11 is 9.65. The summed E-state index contributed by atoms with van der Waals surface area (Å²) in [5.74, 6) is 0.678. The number of aromatic nitrogens is 1. The fraction of sp³-hybridized carbons (Fsp3) is 0.136. The number of anilines is 1. The minimum Gasteiger partial charge on any atom is -0.490 e. The summed E-state index contributed by atoms with van der Waals surface area (Å²) in [6, 6.07) is 14.4. The maximum atomic E-state index is 12.3. The van der Waals surface area contributed by atoms with Crippen molar-refractivity contribution in [2.45, 2.75) is 13.5 Å². The summed E-state index contributed by atoms with van der Waals surface area (Å²) in [4.78, 5) is 14.6. The van der Waals surface area contributed by atoms with E-state index in [2.05, 4.69) is 20.9 Å². The maximum Gasteiger partial charge on any atom is 0.268 e. The molecule has 0 spiro atoms. The third-order valence-corrected chi connectivity index (χ3v) is 5.44. The molecule has 31 heavy (non-hydrogen) atoms. The first-order valence-electron chi connectivity index (χ1n) is 9.10. The number of nitrogen functional groups attached to an aromatic ring is 1. The van der Waals surface area contributed by atoms with Crippen LogP contribution in [0, 0.1) is 22.7 Å². The van der Waals surface area contributed by atoms with E-state index in [1.807, 2.05) is 37.3 Å². The van der Waals surface area contributed by atoms with E-state index in [-0.39, 0.29) is 29.1 Å². The van der Waals surface area contributed by atoms with Gasteiger partial charge in [0, 0.05) is 26.2 Å². The molecule has 3 N–H and O–H groups in total. The highest BCUT2D eigenvalue weighted by atomic mass is 79.9. The van der Waals surface area contributed by atoms with Crippen molar-refractivity contribution < 1.29 is 9.47 Å². The number of hydrogen-bond donors (Lipinski definition) is 2. The SMILES string of the molecule is CCOc1cc(-c2c(C#N)c(N)[nH]c(=O)c2C#N)c(Br)cc1OCc1ccccc1Cl. The Morgan fingerprint density at radius 3 is 2.45 bits per heavy atom. The van der Waals surface area contributed by atoms with Crippen molar-refractivity contribution in [2.75, 3.05) is 12.3 Å². The zero-order valence-electron chi connectivity index (χ0n) is 16.3. The molecule has 1 heterocycles. The van der Waals surface area contributed by atoms with Gasteiger partial charge in [0.2, 0.25) is 0 Å². The standard InChI is InChI=1S/C22H16BrClN4O3/c1-2-30-18-7-13(20-14(9-25)21(27)28-22(29)15(20)10-26)16(23)8-19(18)31-11-12-5-3-4-6-17(12)24/h3-8H,2,11H2,1H3,(H3,27,28,29). The Morgan fingerprint density at radius 2 is 1.81 bits per heavy atom. The number of aromatic amines is 1. The average Bonchev–Trinajstić information content (AvgIpc) is 2.74. The van der Waals surface area contributed by atoms with Crippen LogP contribution in [-0.2, 0) is 6.61 Å². The number of H-pyrrole nitrogens is 1. The van der Waals surface area contributed by atoms with Gasteiger partial charge in [-0.05, 0) is 25.1 Å². The lowest BCUT2D eigenvalue weighted by Gasteiger charge is -2.17.